The minimum Gasteiger partial charge on any atom is -0.492 e. The van der Waals surface area contributed by atoms with Gasteiger partial charge < -0.3 is 9.47 Å². The van der Waals surface area contributed by atoms with E-state index in [1.165, 1.54) is 4.31 Å². The van der Waals surface area contributed by atoms with Crippen molar-refractivity contribution in [3.05, 3.63) is 23.3 Å². The molecule has 0 radical (unpaired) electrons. The maximum atomic E-state index is 13.2. The predicted molar refractivity (Wildman–Crippen MR) is 95.1 cm³/mol. The van der Waals surface area contributed by atoms with Crippen LogP contribution in [0.15, 0.2) is 17.0 Å². The van der Waals surface area contributed by atoms with Crippen molar-refractivity contribution in [3.63, 3.8) is 0 Å². The number of morpholine rings is 1. The van der Waals surface area contributed by atoms with Crippen molar-refractivity contribution in [2.45, 2.75) is 64.6 Å². The first-order valence-corrected chi connectivity index (χ1v) is 10.1. The van der Waals surface area contributed by atoms with Gasteiger partial charge in [0, 0.05) is 13.1 Å². The lowest BCUT2D eigenvalue weighted by atomic mass is 10.1. The molecule has 0 aromatic heterocycles. The van der Waals surface area contributed by atoms with E-state index in [-0.39, 0.29) is 17.1 Å². The monoisotopic (exact) mass is 355 g/mol. The van der Waals surface area contributed by atoms with Crippen LogP contribution in [-0.4, -0.2) is 44.6 Å². The quantitative estimate of drug-likeness (QED) is 0.735. The fourth-order valence-corrected chi connectivity index (χ4v) is 4.66. The summed E-state index contributed by atoms with van der Waals surface area (Å²) in [6.07, 6.45) is 1.68. The van der Waals surface area contributed by atoms with Crippen LogP contribution in [0.2, 0.25) is 0 Å². The van der Waals surface area contributed by atoms with Gasteiger partial charge >= 0.3 is 0 Å². The molecule has 1 aromatic carbocycles. The molecule has 1 aliphatic rings. The van der Waals surface area contributed by atoms with Crippen molar-refractivity contribution in [1.82, 2.24) is 4.31 Å². The number of sulfonamides is 1. The number of ether oxygens (including phenoxy) is 2. The van der Waals surface area contributed by atoms with Gasteiger partial charge in [0.05, 0.1) is 18.8 Å². The third-order valence-electron chi connectivity index (χ3n) is 4.32. The summed E-state index contributed by atoms with van der Waals surface area (Å²) in [4.78, 5) is 0.267. The highest BCUT2D eigenvalue weighted by Crippen LogP contribution is 2.31. The Kier molecular flexibility index (Phi) is 6.28. The van der Waals surface area contributed by atoms with Gasteiger partial charge in [-0.25, -0.2) is 8.42 Å². The van der Waals surface area contributed by atoms with Crippen LogP contribution in [0.3, 0.4) is 0 Å². The number of aryl methyl sites for hydroxylation is 2. The molecule has 2 unspecified atom stereocenters. The van der Waals surface area contributed by atoms with Gasteiger partial charge in [-0.1, -0.05) is 13.3 Å². The molecule has 6 heteroatoms. The van der Waals surface area contributed by atoms with Crippen LogP contribution in [0.25, 0.3) is 0 Å². The van der Waals surface area contributed by atoms with Gasteiger partial charge in [0.1, 0.15) is 10.6 Å². The Hall–Kier alpha value is -1.11. The van der Waals surface area contributed by atoms with Gasteiger partial charge in [0.15, 0.2) is 0 Å². The topological polar surface area (TPSA) is 55.8 Å². The second-order valence-electron chi connectivity index (χ2n) is 6.66. The first-order chi connectivity index (χ1) is 11.3. The van der Waals surface area contributed by atoms with Gasteiger partial charge in [0.2, 0.25) is 10.0 Å². The van der Waals surface area contributed by atoms with E-state index in [1.807, 2.05) is 33.8 Å². The van der Waals surface area contributed by atoms with Gasteiger partial charge in [-0.15, -0.1) is 0 Å². The summed E-state index contributed by atoms with van der Waals surface area (Å²) in [5, 5.41) is 0. The lowest BCUT2D eigenvalue weighted by Crippen LogP contribution is -2.48. The third-order valence-corrected chi connectivity index (χ3v) is 6.17. The summed E-state index contributed by atoms with van der Waals surface area (Å²) in [5.41, 5.74) is 1.98. The fourth-order valence-electron chi connectivity index (χ4n) is 2.87. The minimum absolute atomic E-state index is 0.112. The Morgan fingerprint density at radius 1 is 1.17 bits per heavy atom. The van der Waals surface area contributed by atoms with Crippen molar-refractivity contribution in [3.8, 4) is 5.75 Å². The van der Waals surface area contributed by atoms with Gasteiger partial charge in [-0.2, -0.15) is 4.31 Å². The Labute approximate surface area is 146 Å². The van der Waals surface area contributed by atoms with E-state index in [1.54, 1.807) is 6.07 Å². The van der Waals surface area contributed by atoms with Gasteiger partial charge in [-0.05, 0) is 57.4 Å². The van der Waals surface area contributed by atoms with Crippen molar-refractivity contribution < 1.29 is 17.9 Å². The normalized spacial score (nSPS) is 22.5. The zero-order chi connectivity index (χ0) is 17.9. The van der Waals surface area contributed by atoms with E-state index in [2.05, 4.69) is 6.92 Å². The first-order valence-electron chi connectivity index (χ1n) is 8.65. The Morgan fingerprint density at radius 2 is 1.75 bits per heavy atom. The summed E-state index contributed by atoms with van der Waals surface area (Å²) in [6.45, 7) is 11.0. The molecule has 1 saturated heterocycles. The smallest absolute Gasteiger partial charge is 0.246 e. The summed E-state index contributed by atoms with van der Waals surface area (Å²) >= 11 is 0. The maximum Gasteiger partial charge on any atom is 0.246 e. The van der Waals surface area contributed by atoms with E-state index in [9.17, 15) is 8.42 Å². The molecule has 1 fully saturated rings. The highest BCUT2D eigenvalue weighted by molar-refractivity contribution is 7.89. The Morgan fingerprint density at radius 3 is 2.33 bits per heavy atom. The molecular weight excluding hydrogens is 326 g/mol. The average Bonchev–Trinajstić information content (AvgIpc) is 2.49. The summed E-state index contributed by atoms with van der Waals surface area (Å²) in [5.74, 6) is 0.457. The third kappa shape index (κ3) is 4.29. The lowest BCUT2D eigenvalue weighted by molar-refractivity contribution is -0.0441. The zero-order valence-corrected chi connectivity index (χ0v) is 16.1. The molecule has 0 spiro atoms. The predicted octanol–water partition coefficient (Wildman–Crippen LogP) is 3.28. The number of nitrogens with zero attached hydrogens (tertiary/aromatic N) is 1. The highest BCUT2D eigenvalue weighted by atomic mass is 32.2. The lowest BCUT2D eigenvalue weighted by Gasteiger charge is -2.34. The fraction of sp³-hybridized carbons (Fsp3) is 0.667. The SMILES string of the molecule is CCCCOc1cc(C)c(C)cc1S(=O)(=O)N1CC(C)OC(C)C1. The largest absolute Gasteiger partial charge is 0.492 e. The molecule has 5 nitrogen and oxygen atoms in total. The summed E-state index contributed by atoms with van der Waals surface area (Å²) in [6, 6.07) is 3.57. The molecule has 0 N–H and O–H groups in total. The number of hydrogen-bond donors (Lipinski definition) is 0. The second-order valence-corrected chi connectivity index (χ2v) is 8.57. The molecule has 0 aliphatic carbocycles. The molecule has 1 aliphatic heterocycles. The van der Waals surface area contributed by atoms with E-state index in [0.29, 0.717) is 25.4 Å². The van der Waals surface area contributed by atoms with Gasteiger partial charge in [-0.3, -0.25) is 0 Å². The van der Waals surface area contributed by atoms with Crippen molar-refractivity contribution >= 4 is 10.0 Å². The van der Waals surface area contributed by atoms with Crippen LogP contribution in [0.5, 0.6) is 5.75 Å². The van der Waals surface area contributed by atoms with E-state index >= 15 is 0 Å². The average molecular weight is 356 g/mol. The molecule has 24 heavy (non-hydrogen) atoms. The van der Waals surface area contributed by atoms with E-state index in [4.69, 9.17) is 9.47 Å². The maximum absolute atomic E-state index is 13.2. The second kappa shape index (κ2) is 7.85. The molecule has 136 valence electrons. The van der Waals surface area contributed by atoms with E-state index < -0.39 is 10.0 Å². The van der Waals surface area contributed by atoms with Crippen molar-refractivity contribution in [2.75, 3.05) is 19.7 Å². The van der Waals surface area contributed by atoms with Crippen LogP contribution >= 0.6 is 0 Å². The van der Waals surface area contributed by atoms with E-state index in [0.717, 1.165) is 24.0 Å². The molecule has 2 atom stereocenters. The molecule has 0 bridgehead atoms. The van der Waals surface area contributed by atoms with Crippen LogP contribution in [0, 0.1) is 13.8 Å². The number of benzene rings is 1. The minimum atomic E-state index is -3.61. The Bertz CT molecular complexity index is 662. The molecule has 2 rings (SSSR count). The van der Waals surface area contributed by atoms with Crippen LogP contribution < -0.4 is 4.74 Å². The van der Waals surface area contributed by atoms with Crippen LogP contribution in [-0.2, 0) is 14.8 Å². The standard InChI is InChI=1S/C18H29NO4S/c1-6-7-8-22-17-9-13(2)14(3)10-18(17)24(20,21)19-11-15(4)23-16(5)12-19/h9-10,15-16H,6-8,11-12H2,1-5H3. The molecule has 1 aromatic rings. The molecule has 1 heterocycles. The van der Waals surface area contributed by atoms with Crippen molar-refractivity contribution in [1.29, 1.82) is 0 Å². The number of hydrogen-bond acceptors (Lipinski definition) is 4. The van der Waals surface area contributed by atoms with Gasteiger partial charge in [0.25, 0.3) is 0 Å². The zero-order valence-electron chi connectivity index (χ0n) is 15.3. The van der Waals surface area contributed by atoms with Crippen LogP contribution in [0.1, 0.15) is 44.7 Å². The highest BCUT2D eigenvalue weighted by Gasteiger charge is 2.34. The number of rotatable bonds is 6. The summed E-state index contributed by atoms with van der Waals surface area (Å²) in [7, 11) is -3.61. The van der Waals surface area contributed by atoms with Crippen molar-refractivity contribution in [2.24, 2.45) is 0 Å². The molecular formula is C18H29NO4S. The van der Waals surface area contributed by atoms with Crippen LogP contribution in [0.4, 0.5) is 0 Å². The number of unbranched alkanes of at least 4 members (excludes halogenated alkanes) is 1. The summed E-state index contributed by atoms with van der Waals surface area (Å²) < 4.78 is 39.4. The first kappa shape index (κ1) is 19.2. The Balaban J connectivity index is 2.38. The molecule has 0 amide bonds. The molecule has 0 saturated carbocycles.